The lowest BCUT2D eigenvalue weighted by atomic mass is 10.1. The van der Waals surface area contributed by atoms with Crippen LogP contribution in [0, 0.1) is 0 Å². The minimum atomic E-state index is -4.39. The minimum absolute atomic E-state index is 0.0206. The molecule has 0 aromatic heterocycles. The van der Waals surface area contributed by atoms with Gasteiger partial charge < -0.3 is 18.9 Å². The van der Waals surface area contributed by atoms with Crippen molar-refractivity contribution in [2.75, 3.05) is 47.5 Å². The zero-order valence-corrected chi connectivity index (χ0v) is 40.7. The lowest BCUT2D eigenvalue weighted by molar-refractivity contribution is -0.870. The number of hydrogen-bond donors (Lipinski definition) is 1. The molecule has 0 fully saturated rings. The van der Waals surface area contributed by atoms with E-state index in [0.717, 1.165) is 109 Å². The summed E-state index contributed by atoms with van der Waals surface area (Å²) in [7, 11) is 1.44. The van der Waals surface area contributed by atoms with E-state index >= 15 is 0 Å². The fourth-order valence-electron chi connectivity index (χ4n) is 5.94. The smallest absolute Gasteiger partial charge is 0.462 e. The molecule has 0 aliphatic rings. The van der Waals surface area contributed by atoms with Crippen molar-refractivity contribution in [1.82, 2.24) is 0 Å². The molecule has 2 atom stereocenters. The van der Waals surface area contributed by atoms with E-state index in [9.17, 15) is 19.0 Å². The van der Waals surface area contributed by atoms with E-state index < -0.39 is 32.5 Å². The summed E-state index contributed by atoms with van der Waals surface area (Å²) in [6.45, 7) is 4.14. The molecule has 0 rings (SSSR count). The van der Waals surface area contributed by atoms with Crippen molar-refractivity contribution in [2.24, 2.45) is 0 Å². The molecule has 0 aliphatic carbocycles. The van der Waals surface area contributed by atoms with Crippen LogP contribution in [0.2, 0.25) is 0 Å². The van der Waals surface area contributed by atoms with Crippen LogP contribution in [0.4, 0.5) is 0 Å². The number of hydrogen-bond acceptors (Lipinski definition) is 7. The van der Waals surface area contributed by atoms with Crippen LogP contribution in [0.15, 0.2) is 97.2 Å². The van der Waals surface area contributed by atoms with Crippen molar-refractivity contribution in [3.63, 3.8) is 0 Å². The highest BCUT2D eigenvalue weighted by Crippen LogP contribution is 2.43. The zero-order chi connectivity index (χ0) is 45.7. The maximum Gasteiger partial charge on any atom is 0.472 e. The van der Waals surface area contributed by atoms with E-state index in [1.807, 2.05) is 21.1 Å². The Morgan fingerprint density at radius 1 is 0.500 bits per heavy atom. The van der Waals surface area contributed by atoms with Gasteiger partial charge in [-0.25, -0.2) is 4.57 Å². The first-order chi connectivity index (χ1) is 30.0. The van der Waals surface area contributed by atoms with Gasteiger partial charge in [0.2, 0.25) is 0 Å². The summed E-state index contributed by atoms with van der Waals surface area (Å²) in [5.41, 5.74) is 0. The number of carbonyl (C=O) groups is 2. The predicted molar refractivity (Wildman–Crippen MR) is 261 cm³/mol. The molecule has 1 N–H and O–H groups in total. The molecular weight excluding hydrogens is 798 g/mol. The fraction of sp³-hybridized carbons (Fsp3) is 0.654. The third kappa shape index (κ3) is 46.4. The van der Waals surface area contributed by atoms with Gasteiger partial charge in [-0.1, -0.05) is 162 Å². The van der Waals surface area contributed by atoms with Crippen LogP contribution in [0.1, 0.15) is 168 Å². The SMILES string of the molecule is CC/C=C\C/C=C\C/C=C\C/C=C\C/C=C\CCCCCCCCCC(=O)OC(COC(=O)CCCCCCC/C=C\C/C=C\C/C=C\CC)COP(=O)(O)OCC[N+](C)(C)C. The number of nitrogens with zero attached hydrogens (tertiary/aromatic N) is 1. The van der Waals surface area contributed by atoms with Crippen LogP contribution in [0.3, 0.4) is 0 Å². The lowest BCUT2D eigenvalue weighted by Gasteiger charge is -2.24. The van der Waals surface area contributed by atoms with E-state index in [1.54, 1.807) is 0 Å². The van der Waals surface area contributed by atoms with Gasteiger partial charge in [0.05, 0.1) is 27.7 Å². The molecular formula is C52H89NO8P+. The highest BCUT2D eigenvalue weighted by Gasteiger charge is 2.27. The molecule has 0 radical (unpaired) electrons. The molecule has 9 nitrogen and oxygen atoms in total. The number of esters is 2. The molecule has 0 saturated carbocycles. The Kier molecular flexibility index (Phi) is 41.1. The first kappa shape index (κ1) is 58.9. The Labute approximate surface area is 379 Å². The zero-order valence-electron chi connectivity index (χ0n) is 39.8. The molecule has 0 bridgehead atoms. The van der Waals surface area contributed by atoms with Crippen LogP contribution in [0.25, 0.3) is 0 Å². The van der Waals surface area contributed by atoms with E-state index in [-0.39, 0.29) is 26.1 Å². The van der Waals surface area contributed by atoms with Gasteiger partial charge in [0.25, 0.3) is 0 Å². The van der Waals surface area contributed by atoms with E-state index in [0.29, 0.717) is 23.9 Å². The summed E-state index contributed by atoms with van der Waals surface area (Å²) in [4.78, 5) is 35.5. The highest BCUT2D eigenvalue weighted by molar-refractivity contribution is 7.47. The van der Waals surface area contributed by atoms with Gasteiger partial charge >= 0.3 is 19.8 Å². The molecule has 0 heterocycles. The molecule has 0 aromatic rings. The second-order valence-corrected chi connectivity index (χ2v) is 18.2. The van der Waals surface area contributed by atoms with E-state index in [4.69, 9.17) is 18.5 Å². The van der Waals surface area contributed by atoms with Gasteiger partial charge in [0.15, 0.2) is 6.10 Å². The third-order valence-corrected chi connectivity index (χ3v) is 10.6. The Morgan fingerprint density at radius 3 is 1.29 bits per heavy atom. The number of likely N-dealkylation sites (N-methyl/N-ethyl adjacent to an activating group) is 1. The summed E-state index contributed by atoms with van der Waals surface area (Å²) in [5, 5.41) is 0. The number of quaternary nitrogens is 1. The summed E-state index contributed by atoms with van der Waals surface area (Å²) in [6, 6.07) is 0. The second-order valence-electron chi connectivity index (χ2n) is 16.7. The van der Waals surface area contributed by atoms with Gasteiger partial charge in [-0.2, -0.15) is 0 Å². The van der Waals surface area contributed by atoms with Gasteiger partial charge in [0.1, 0.15) is 19.8 Å². The summed E-state index contributed by atoms with van der Waals surface area (Å²) in [6.07, 6.45) is 57.4. The van der Waals surface area contributed by atoms with Gasteiger partial charge in [-0.3, -0.25) is 18.6 Å². The van der Waals surface area contributed by atoms with Gasteiger partial charge in [-0.05, 0) is 89.9 Å². The molecule has 0 aliphatic heterocycles. The number of phosphoric ester groups is 1. The number of phosphoric acid groups is 1. The van der Waals surface area contributed by atoms with Crippen molar-refractivity contribution >= 4 is 19.8 Å². The second kappa shape index (κ2) is 43.2. The maximum absolute atomic E-state index is 12.7. The van der Waals surface area contributed by atoms with Crippen LogP contribution < -0.4 is 0 Å². The van der Waals surface area contributed by atoms with Crippen molar-refractivity contribution in [2.45, 2.75) is 174 Å². The molecule has 354 valence electrons. The molecule has 62 heavy (non-hydrogen) atoms. The Morgan fingerprint density at radius 2 is 0.871 bits per heavy atom. The van der Waals surface area contributed by atoms with Crippen molar-refractivity contribution in [3.8, 4) is 0 Å². The Bertz CT molecular complexity index is 1370. The fourth-order valence-corrected chi connectivity index (χ4v) is 6.68. The number of rotatable bonds is 42. The molecule has 2 unspecified atom stereocenters. The van der Waals surface area contributed by atoms with Gasteiger partial charge in [-0.15, -0.1) is 0 Å². The van der Waals surface area contributed by atoms with Crippen LogP contribution >= 0.6 is 7.82 Å². The predicted octanol–water partition coefficient (Wildman–Crippen LogP) is 14.1. The number of carbonyl (C=O) groups excluding carboxylic acids is 2. The highest BCUT2D eigenvalue weighted by atomic mass is 31.2. The van der Waals surface area contributed by atoms with E-state index in [1.165, 1.54) is 19.3 Å². The monoisotopic (exact) mass is 887 g/mol. The molecule has 0 spiro atoms. The van der Waals surface area contributed by atoms with Crippen LogP contribution in [0.5, 0.6) is 0 Å². The summed E-state index contributed by atoms with van der Waals surface area (Å²) in [5.74, 6) is -0.840. The van der Waals surface area contributed by atoms with Crippen LogP contribution in [-0.2, 0) is 32.7 Å². The topological polar surface area (TPSA) is 108 Å². The molecule has 0 aromatic carbocycles. The maximum atomic E-state index is 12.7. The summed E-state index contributed by atoms with van der Waals surface area (Å²) < 4.78 is 34.4. The average Bonchev–Trinajstić information content (AvgIpc) is 3.23. The Balaban J connectivity index is 4.35. The first-order valence-electron chi connectivity index (χ1n) is 24.0. The quantitative estimate of drug-likeness (QED) is 0.0212. The Hall–Kier alpha value is -3.07. The van der Waals surface area contributed by atoms with Crippen molar-refractivity contribution < 1.29 is 42.1 Å². The van der Waals surface area contributed by atoms with Crippen molar-refractivity contribution in [1.29, 1.82) is 0 Å². The summed E-state index contributed by atoms with van der Waals surface area (Å²) >= 11 is 0. The molecule has 10 heteroatoms. The third-order valence-electron chi connectivity index (χ3n) is 9.61. The number of unbranched alkanes of at least 4 members (excludes halogenated alkanes) is 12. The normalized spacial score (nSPS) is 14.4. The van der Waals surface area contributed by atoms with Gasteiger partial charge in [0, 0.05) is 12.8 Å². The largest absolute Gasteiger partial charge is 0.472 e. The van der Waals surface area contributed by atoms with E-state index in [2.05, 4.69) is 111 Å². The number of allylic oxidation sites excluding steroid dienone is 16. The average molecular weight is 887 g/mol. The lowest BCUT2D eigenvalue weighted by Crippen LogP contribution is -2.37. The first-order valence-corrected chi connectivity index (χ1v) is 25.5. The molecule has 0 saturated heterocycles. The van der Waals surface area contributed by atoms with Crippen molar-refractivity contribution in [3.05, 3.63) is 97.2 Å². The minimum Gasteiger partial charge on any atom is -0.462 e. The van der Waals surface area contributed by atoms with Crippen LogP contribution in [-0.4, -0.2) is 74.9 Å². The number of ether oxygens (including phenoxy) is 2. The molecule has 0 amide bonds. The standard InChI is InChI=1S/C52H88NO8P/c1-6-8-10-12-14-16-18-20-22-23-24-25-26-27-28-29-31-33-35-37-39-41-43-45-52(55)61-50(49-60-62(56,57)59-47-46-53(3,4)5)48-58-51(54)44-42-40-38-36-34-32-30-21-19-17-15-13-11-9-7-2/h8-11,14-17,20-22,24-25,27-28,30,50H,6-7,12-13,18-19,23,26,29,31-49H2,1-5H3/p+1/b10-8-,11-9-,16-14-,17-15-,22-20-,25-24-,28-27-,30-21-.